The summed E-state index contributed by atoms with van der Waals surface area (Å²) in [6.07, 6.45) is -10.2. The van der Waals surface area contributed by atoms with Crippen molar-refractivity contribution in [3.8, 4) is 11.8 Å². The summed E-state index contributed by atoms with van der Waals surface area (Å²) in [5.74, 6) is 3.01. The van der Waals surface area contributed by atoms with E-state index in [4.69, 9.17) is 4.74 Å². The van der Waals surface area contributed by atoms with Crippen molar-refractivity contribution in [1.29, 1.82) is 0 Å². The molecule has 45 heavy (non-hydrogen) atoms. The molecule has 2 fully saturated rings. The van der Waals surface area contributed by atoms with Crippen LogP contribution >= 0.6 is 24.8 Å². The van der Waals surface area contributed by atoms with E-state index in [-0.39, 0.29) is 62.5 Å². The Morgan fingerprint density at radius 1 is 0.889 bits per heavy atom. The standard InChI is InChI=1S/C30H31F8N3O2.2ClH/c1-28(2)19-43-12-11-40(28)8-4-3-7-39-9-10-41(24(18-39)13-20-5-6-25(31)26(32)14-20)27(42)21-15-22(29(33,34)35)17-23(16-21)30(36,37)38;;/h5-6,14-17,24H,7-13,18-19H2,1-2H3;2*1H/t24-;;/m1../s1. The number of halogens is 10. The summed E-state index contributed by atoms with van der Waals surface area (Å²) in [6.45, 7) is 7.19. The van der Waals surface area contributed by atoms with Crippen molar-refractivity contribution in [1.82, 2.24) is 14.7 Å². The van der Waals surface area contributed by atoms with Crippen LogP contribution in [0.15, 0.2) is 36.4 Å². The number of carbonyl (C=O) groups is 1. The molecule has 0 aromatic heterocycles. The maximum atomic E-state index is 13.9. The zero-order valence-electron chi connectivity index (χ0n) is 24.4. The van der Waals surface area contributed by atoms with Crippen molar-refractivity contribution in [2.24, 2.45) is 0 Å². The number of amides is 1. The normalized spacial score (nSPS) is 19.2. The third-order valence-electron chi connectivity index (χ3n) is 7.63. The van der Waals surface area contributed by atoms with Gasteiger partial charge in [-0.3, -0.25) is 14.6 Å². The Balaban J connectivity index is 0.00000353. The van der Waals surface area contributed by atoms with E-state index in [0.29, 0.717) is 44.0 Å². The molecule has 0 radical (unpaired) electrons. The summed E-state index contributed by atoms with van der Waals surface area (Å²) in [7, 11) is 0. The molecule has 2 aromatic carbocycles. The summed E-state index contributed by atoms with van der Waals surface area (Å²) in [5.41, 5.74) is -3.83. The molecule has 250 valence electrons. The highest BCUT2D eigenvalue weighted by Crippen LogP contribution is 2.37. The Bertz CT molecular complexity index is 1360. The van der Waals surface area contributed by atoms with Crippen molar-refractivity contribution >= 4 is 30.7 Å². The van der Waals surface area contributed by atoms with Crippen LogP contribution in [-0.2, 0) is 23.5 Å². The molecule has 15 heteroatoms. The van der Waals surface area contributed by atoms with Gasteiger partial charge in [-0.05, 0) is 56.2 Å². The lowest BCUT2D eigenvalue weighted by Gasteiger charge is -2.41. The van der Waals surface area contributed by atoms with Crippen LogP contribution in [0, 0.1) is 23.5 Å². The third kappa shape index (κ3) is 9.93. The van der Waals surface area contributed by atoms with Crippen molar-refractivity contribution in [3.05, 3.63) is 70.3 Å². The lowest BCUT2D eigenvalue weighted by molar-refractivity contribution is -0.143. The van der Waals surface area contributed by atoms with Crippen molar-refractivity contribution < 1.29 is 44.7 Å². The van der Waals surface area contributed by atoms with E-state index in [9.17, 15) is 39.9 Å². The minimum atomic E-state index is -5.12. The maximum absolute atomic E-state index is 13.9. The van der Waals surface area contributed by atoms with Gasteiger partial charge >= 0.3 is 12.4 Å². The molecule has 2 aliphatic heterocycles. The molecule has 0 N–H and O–H groups in total. The Labute approximate surface area is 268 Å². The molecular formula is C30H33Cl2F8N3O2. The van der Waals surface area contributed by atoms with E-state index < -0.39 is 52.6 Å². The molecule has 0 bridgehead atoms. The topological polar surface area (TPSA) is 36.0 Å². The van der Waals surface area contributed by atoms with Gasteiger partial charge in [-0.15, -0.1) is 24.8 Å². The average molecular weight is 691 g/mol. The number of carbonyl (C=O) groups excluding carboxylic acids is 1. The zero-order chi connectivity index (χ0) is 31.6. The molecule has 1 atom stereocenters. The van der Waals surface area contributed by atoms with Crippen LogP contribution in [0.1, 0.15) is 40.9 Å². The summed E-state index contributed by atoms with van der Waals surface area (Å²) >= 11 is 0. The molecule has 0 spiro atoms. The highest BCUT2D eigenvalue weighted by Gasteiger charge is 2.39. The number of rotatable bonds is 5. The number of ether oxygens (including phenoxy) is 1. The van der Waals surface area contributed by atoms with Crippen LogP contribution in [0.4, 0.5) is 35.1 Å². The Morgan fingerprint density at radius 3 is 2.09 bits per heavy atom. The fourth-order valence-corrected chi connectivity index (χ4v) is 5.19. The van der Waals surface area contributed by atoms with Gasteiger partial charge in [0.2, 0.25) is 0 Å². The number of hydrogen-bond donors (Lipinski definition) is 0. The summed E-state index contributed by atoms with van der Waals surface area (Å²) in [6, 6.07) is 3.18. The molecule has 2 saturated heterocycles. The number of benzene rings is 2. The third-order valence-corrected chi connectivity index (χ3v) is 7.63. The van der Waals surface area contributed by atoms with Crippen molar-refractivity contribution in [2.75, 3.05) is 52.5 Å². The van der Waals surface area contributed by atoms with Gasteiger partial charge in [0.15, 0.2) is 11.6 Å². The van der Waals surface area contributed by atoms with Gasteiger partial charge in [0, 0.05) is 43.3 Å². The van der Waals surface area contributed by atoms with E-state index >= 15 is 0 Å². The molecule has 2 aliphatic rings. The van der Waals surface area contributed by atoms with E-state index in [1.807, 2.05) is 4.90 Å². The van der Waals surface area contributed by atoms with Gasteiger partial charge in [0.25, 0.3) is 5.91 Å². The van der Waals surface area contributed by atoms with Gasteiger partial charge in [0.1, 0.15) is 0 Å². The summed E-state index contributed by atoms with van der Waals surface area (Å²) in [4.78, 5) is 18.8. The van der Waals surface area contributed by atoms with Crippen LogP contribution in [0.25, 0.3) is 0 Å². The molecule has 4 rings (SSSR count). The van der Waals surface area contributed by atoms with Crippen LogP contribution < -0.4 is 0 Å². The summed E-state index contributed by atoms with van der Waals surface area (Å²) < 4.78 is 114. The Morgan fingerprint density at radius 2 is 1.51 bits per heavy atom. The zero-order valence-corrected chi connectivity index (χ0v) is 26.0. The second-order valence-corrected chi connectivity index (χ2v) is 11.3. The van der Waals surface area contributed by atoms with Crippen LogP contribution in [0.5, 0.6) is 0 Å². The van der Waals surface area contributed by atoms with Gasteiger partial charge in [-0.1, -0.05) is 17.9 Å². The number of morpholine rings is 1. The first-order valence-corrected chi connectivity index (χ1v) is 13.6. The molecule has 0 saturated carbocycles. The lowest BCUT2D eigenvalue weighted by Crippen LogP contribution is -2.56. The van der Waals surface area contributed by atoms with Gasteiger partial charge < -0.3 is 9.64 Å². The number of hydrogen-bond acceptors (Lipinski definition) is 4. The van der Waals surface area contributed by atoms with Gasteiger partial charge in [0.05, 0.1) is 37.4 Å². The van der Waals surface area contributed by atoms with E-state index in [2.05, 4.69) is 30.6 Å². The lowest BCUT2D eigenvalue weighted by atomic mass is 9.99. The maximum Gasteiger partial charge on any atom is 0.416 e. The fraction of sp³-hybridized carbons (Fsp3) is 0.500. The van der Waals surface area contributed by atoms with E-state index in [1.165, 1.54) is 11.0 Å². The minimum Gasteiger partial charge on any atom is -0.378 e. The monoisotopic (exact) mass is 689 g/mol. The second kappa shape index (κ2) is 15.3. The first-order chi connectivity index (χ1) is 20.0. The molecule has 2 aromatic rings. The minimum absolute atomic E-state index is 0. The second-order valence-electron chi connectivity index (χ2n) is 11.3. The highest BCUT2D eigenvalue weighted by molar-refractivity contribution is 5.95. The van der Waals surface area contributed by atoms with Crippen molar-refractivity contribution in [2.45, 2.75) is 44.2 Å². The summed E-state index contributed by atoms with van der Waals surface area (Å²) in [5, 5.41) is 0. The fourth-order valence-electron chi connectivity index (χ4n) is 5.19. The number of alkyl halides is 6. The molecule has 0 aliphatic carbocycles. The number of piperazine rings is 1. The average Bonchev–Trinajstić information content (AvgIpc) is 2.92. The SMILES string of the molecule is CC1(C)COCCN1CC#CCN1CCN(C(=O)c2cc(C(F)(F)F)cc(C(F)(F)F)c2)[C@H](Cc2ccc(F)c(F)c2)C1.Cl.Cl. The van der Waals surface area contributed by atoms with Crippen LogP contribution in [0.3, 0.4) is 0 Å². The molecule has 2 heterocycles. The van der Waals surface area contributed by atoms with E-state index in [1.54, 1.807) is 0 Å². The molecular weight excluding hydrogens is 657 g/mol. The first-order valence-electron chi connectivity index (χ1n) is 13.6. The quantitative estimate of drug-likeness (QED) is 0.272. The smallest absolute Gasteiger partial charge is 0.378 e. The first kappa shape index (κ1) is 38.6. The Hall–Kier alpha value is -2.63. The van der Waals surface area contributed by atoms with Gasteiger partial charge in [-0.25, -0.2) is 8.78 Å². The van der Waals surface area contributed by atoms with E-state index in [0.717, 1.165) is 18.7 Å². The molecule has 1 amide bonds. The predicted molar refractivity (Wildman–Crippen MR) is 157 cm³/mol. The van der Waals surface area contributed by atoms with Crippen LogP contribution in [0.2, 0.25) is 0 Å². The van der Waals surface area contributed by atoms with Crippen molar-refractivity contribution in [3.63, 3.8) is 0 Å². The molecule has 0 unspecified atom stereocenters. The van der Waals surface area contributed by atoms with Gasteiger partial charge in [-0.2, -0.15) is 26.3 Å². The largest absolute Gasteiger partial charge is 0.416 e. The number of nitrogens with zero attached hydrogens (tertiary/aromatic N) is 3. The predicted octanol–water partition coefficient (Wildman–Crippen LogP) is 6.33. The van der Waals surface area contributed by atoms with Crippen LogP contribution in [-0.4, -0.2) is 84.7 Å². The Kier molecular flexibility index (Phi) is 13.1. The highest BCUT2D eigenvalue weighted by atomic mass is 35.5. The molecule has 5 nitrogen and oxygen atoms in total.